The van der Waals surface area contributed by atoms with Gasteiger partial charge in [0.1, 0.15) is 17.0 Å². The second kappa shape index (κ2) is 7.00. The average Bonchev–Trinajstić information content (AvgIpc) is 3.15. The lowest BCUT2D eigenvalue weighted by atomic mass is 9.95. The Morgan fingerprint density at radius 3 is 2.71 bits per heavy atom. The van der Waals surface area contributed by atoms with Crippen molar-refractivity contribution in [1.29, 1.82) is 0 Å². The van der Waals surface area contributed by atoms with E-state index in [-0.39, 0.29) is 5.56 Å². The van der Waals surface area contributed by atoms with Crippen LogP contribution in [0.3, 0.4) is 0 Å². The maximum Gasteiger partial charge on any atom is 0.336 e. The van der Waals surface area contributed by atoms with Gasteiger partial charge in [-0.15, -0.1) is 0 Å². The molecule has 2 heterocycles. The Bertz CT molecular complexity index is 1190. The number of pyridine rings is 1. The molecule has 0 saturated carbocycles. The maximum absolute atomic E-state index is 11.9. The van der Waals surface area contributed by atoms with Crippen molar-refractivity contribution >= 4 is 27.8 Å². The van der Waals surface area contributed by atoms with Crippen molar-refractivity contribution < 1.29 is 19.1 Å². The van der Waals surface area contributed by atoms with Crippen LogP contribution in [0.4, 0.5) is 0 Å². The molecule has 28 heavy (non-hydrogen) atoms. The molecule has 4 aromatic rings. The summed E-state index contributed by atoms with van der Waals surface area (Å²) in [5, 5.41) is 11.3. The van der Waals surface area contributed by atoms with Crippen molar-refractivity contribution in [2.75, 3.05) is 7.11 Å². The number of carbonyl (C=O) groups is 1. The molecule has 0 bridgehead atoms. The highest BCUT2D eigenvalue weighted by molar-refractivity contribution is 6.04. The average molecular weight is 375 g/mol. The van der Waals surface area contributed by atoms with Crippen LogP contribution in [-0.2, 0) is 0 Å². The highest BCUT2D eigenvalue weighted by Crippen LogP contribution is 2.32. The van der Waals surface area contributed by atoms with Crippen LogP contribution in [0.5, 0.6) is 5.75 Å². The van der Waals surface area contributed by atoms with E-state index in [9.17, 15) is 9.90 Å². The van der Waals surface area contributed by atoms with Crippen LogP contribution in [0.25, 0.3) is 33.3 Å². The number of aromatic carboxylic acids is 1. The molecule has 2 aromatic carbocycles. The number of methoxy groups -OCH3 is 1. The number of hydrogen-bond donors (Lipinski definition) is 1. The topological polar surface area (TPSA) is 72.6 Å². The van der Waals surface area contributed by atoms with Gasteiger partial charge in [0.2, 0.25) is 0 Å². The Morgan fingerprint density at radius 2 is 2.00 bits per heavy atom. The second-order valence-electron chi connectivity index (χ2n) is 6.96. The molecular weight excluding hydrogens is 354 g/mol. The summed E-state index contributed by atoms with van der Waals surface area (Å²) in [7, 11) is 1.60. The monoisotopic (exact) mass is 375 g/mol. The predicted octanol–water partition coefficient (Wildman–Crippen LogP) is 5.87. The third kappa shape index (κ3) is 3.09. The van der Waals surface area contributed by atoms with E-state index in [0.29, 0.717) is 39.6 Å². The van der Waals surface area contributed by atoms with Gasteiger partial charge in [0.25, 0.3) is 0 Å². The number of fused-ring (bicyclic) bond motifs is 2. The minimum atomic E-state index is -0.979. The SMILES string of the molecule is CCC(C)c1ccc2nc(-c3cc4ccc(OC)cc4o3)cc(C(=O)O)c2c1. The summed E-state index contributed by atoms with van der Waals surface area (Å²) >= 11 is 0. The highest BCUT2D eigenvalue weighted by atomic mass is 16.5. The molecule has 0 fully saturated rings. The van der Waals surface area contributed by atoms with E-state index in [2.05, 4.69) is 18.8 Å². The van der Waals surface area contributed by atoms with Gasteiger partial charge in [-0.25, -0.2) is 9.78 Å². The van der Waals surface area contributed by atoms with Crippen molar-refractivity contribution in [2.24, 2.45) is 0 Å². The summed E-state index contributed by atoms with van der Waals surface area (Å²) < 4.78 is 11.2. The fourth-order valence-corrected chi connectivity index (χ4v) is 3.35. The Kier molecular flexibility index (Phi) is 4.51. The molecule has 1 unspecified atom stereocenters. The number of carboxylic acid groups (broad SMARTS) is 1. The smallest absolute Gasteiger partial charge is 0.336 e. The summed E-state index contributed by atoms with van der Waals surface area (Å²) in [6.07, 6.45) is 0.988. The van der Waals surface area contributed by atoms with E-state index < -0.39 is 5.97 Å². The zero-order valence-electron chi connectivity index (χ0n) is 16.0. The molecule has 0 spiro atoms. The number of aromatic nitrogens is 1. The Balaban J connectivity index is 1.89. The molecule has 142 valence electrons. The number of benzene rings is 2. The Morgan fingerprint density at radius 1 is 1.18 bits per heavy atom. The molecule has 2 aromatic heterocycles. The Labute approximate surface area is 162 Å². The van der Waals surface area contributed by atoms with Gasteiger partial charge in [-0.3, -0.25) is 0 Å². The lowest BCUT2D eigenvalue weighted by molar-refractivity contribution is 0.0699. The van der Waals surface area contributed by atoms with E-state index in [1.165, 1.54) is 0 Å². The number of furan rings is 1. The maximum atomic E-state index is 11.9. The van der Waals surface area contributed by atoms with Gasteiger partial charge in [0.15, 0.2) is 5.76 Å². The fourth-order valence-electron chi connectivity index (χ4n) is 3.35. The van der Waals surface area contributed by atoms with Crippen molar-refractivity contribution in [1.82, 2.24) is 4.98 Å². The van der Waals surface area contributed by atoms with Gasteiger partial charge < -0.3 is 14.3 Å². The molecular formula is C23H21NO4. The minimum absolute atomic E-state index is 0.225. The summed E-state index contributed by atoms with van der Waals surface area (Å²) in [4.78, 5) is 16.6. The van der Waals surface area contributed by atoms with Crippen molar-refractivity contribution in [3.05, 3.63) is 59.7 Å². The zero-order chi connectivity index (χ0) is 19.8. The Hall–Kier alpha value is -3.34. The lowest BCUT2D eigenvalue weighted by Gasteiger charge is -2.12. The number of ether oxygens (including phenoxy) is 1. The van der Waals surface area contributed by atoms with Crippen LogP contribution >= 0.6 is 0 Å². The van der Waals surface area contributed by atoms with Crippen LogP contribution in [-0.4, -0.2) is 23.2 Å². The van der Waals surface area contributed by atoms with Crippen LogP contribution in [0.15, 0.2) is 52.9 Å². The number of carboxylic acids is 1. The largest absolute Gasteiger partial charge is 0.497 e. The highest BCUT2D eigenvalue weighted by Gasteiger charge is 2.17. The molecule has 1 N–H and O–H groups in total. The number of rotatable bonds is 5. The van der Waals surface area contributed by atoms with E-state index in [0.717, 1.165) is 17.4 Å². The molecule has 5 heteroatoms. The second-order valence-corrected chi connectivity index (χ2v) is 6.96. The number of hydrogen-bond acceptors (Lipinski definition) is 4. The summed E-state index contributed by atoms with van der Waals surface area (Å²) in [6.45, 7) is 4.25. The van der Waals surface area contributed by atoms with Gasteiger partial charge in [-0.2, -0.15) is 0 Å². The fraction of sp³-hybridized carbons (Fsp3) is 0.217. The minimum Gasteiger partial charge on any atom is -0.497 e. The van der Waals surface area contributed by atoms with E-state index >= 15 is 0 Å². The molecule has 0 amide bonds. The van der Waals surface area contributed by atoms with E-state index in [1.807, 2.05) is 36.4 Å². The third-order valence-electron chi connectivity index (χ3n) is 5.22. The molecule has 1 atom stereocenters. The van der Waals surface area contributed by atoms with E-state index in [4.69, 9.17) is 9.15 Å². The molecule has 0 aliphatic carbocycles. The predicted molar refractivity (Wildman–Crippen MR) is 109 cm³/mol. The summed E-state index contributed by atoms with van der Waals surface area (Å²) in [6, 6.07) is 14.8. The van der Waals surface area contributed by atoms with Crippen molar-refractivity contribution in [2.45, 2.75) is 26.2 Å². The number of nitrogens with zero attached hydrogens (tertiary/aromatic N) is 1. The molecule has 0 aliphatic heterocycles. The first-order valence-corrected chi connectivity index (χ1v) is 9.26. The van der Waals surface area contributed by atoms with Gasteiger partial charge in [-0.1, -0.05) is 19.9 Å². The quantitative estimate of drug-likeness (QED) is 0.472. The molecule has 5 nitrogen and oxygen atoms in total. The first kappa shape index (κ1) is 18.0. The van der Waals surface area contributed by atoms with Crippen LogP contribution in [0, 0.1) is 0 Å². The van der Waals surface area contributed by atoms with Gasteiger partial charge >= 0.3 is 5.97 Å². The van der Waals surface area contributed by atoms with Gasteiger partial charge in [-0.05, 0) is 54.3 Å². The zero-order valence-corrected chi connectivity index (χ0v) is 16.0. The van der Waals surface area contributed by atoms with Crippen LogP contribution in [0.2, 0.25) is 0 Å². The standard InChI is InChI=1S/C23H21NO4/c1-4-13(2)14-6-8-19-17(9-14)18(23(25)26)12-20(24-19)22-10-15-5-7-16(27-3)11-21(15)28-22/h5-13H,4H2,1-3H3,(H,25,26). The van der Waals surface area contributed by atoms with Crippen LogP contribution < -0.4 is 4.74 Å². The van der Waals surface area contributed by atoms with Gasteiger partial charge in [0, 0.05) is 16.8 Å². The van der Waals surface area contributed by atoms with Gasteiger partial charge in [0.05, 0.1) is 18.2 Å². The summed E-state index contributed by atoms with van der Waals surface area (Å²) in [5.41, 5.74) is 3.14. The van der Waals surface area contributed by atoms with Crippen molar-refractivity contribution in [3.63, 3.8) is 0 Å². The molecule has 0 radical (unpaired) electrons. The van der Waals surface area contributed by atoms with Crippen LogP contribution in [0.1, 0.15) is 42.1 Å². The molecule has 4 rings (SSSR count). The third-order valence-corrected chi connectivity index (χ3v) is 5.22. The molecule has 0 aliphatic rings. The lowest BCUT2D eigenvalue weighted by Crippen LogP contribution is -2.01. The first-order chi connectivity index (χ1) is 13.5. The molecule has 0 saturated heterocycles. The first-order valence-electron chi connectivity index (χ1n) is 9.26. The normalized spacial score (nSPS) is 12.4. The summed E-state index contributed by atoms with van der Waals surface area (Å²) in [5.74, 6) is 0.603. The van der Waals surface area contributed by atoms with E-state index in [1.54, 1.807) is 19.2 Å². The van der Waals surface area contributed by atoms with Crippen molar-refractivity contribution in [3.8, 4) is 17.2 Å².